The number of fused-ring (bicyclic) bond motifs is 1. The average Bonchev–Trinajstić information content (AvgIpc) is 3.25. The van der Waals surface area contributed by atoms with E-state index in [9.17, 15) is 0 Å². The summed E-state index contributed by atoms with van der Waals surface area (Å²) in [4.78, 5) is 11.4. The summed E-state index contributed by atoms with van der Waals surface area (Å²) in [6.07, 6.45) is 7.74. The van der Waals surface area contributed by atoms with Crippen LogP contribution in [0.2, 0.25) is 0 Å². The number of nitrogens with zero attached hydrogens (tertiary/aromatic N) is 6. The van der Waals surface area contributed by atoms with Crippen molar-refractivity contribution in [2.45, 2.75) is 39.3 Å². The summed E-state index contributed by atoms with van der Waals surface area (Å²) in [5.41, 5.74) is 3.31. The van der Waals surface area contributed by atoms with E-state index < -0.39 is 0 Å². The third kappa shape index (κ3) is 3.54. The van der Waals surface area contributed by atoms with Gasteiger partial charge in [0, 0.05) is 44.6 Å². The summed E-state index contributed by atoms with van der Waals surface area (Å²) in [6, 6.07) is 6.14. The predicted octanol–water partition coefficient (Wildman–Crippen LogP) is 2.31. The van der Waals surface area contributed by atoms with E-state index in [1.54, 1.807) is 6.20 Å². The van der Waals surface area contributed by atoms with Gasteiger partial charge in [0.05, 0.1) is 43.0 Å². The largest absolute Gasteiger partial charge is 0.369 e. The molecular weight excluding hydrogens is 328 g/mol. The minimum Gasteiger partial charge on any atom is -0.369 e. The molecule has 4 rings (SSSR count). The maximum atomic E-state index is 5.84. The minimum atomic E-state index is 0.272. The Kier molecular flexibility index (Phi) is 4.81. The Balaban J connectivity index is 1.39. The first-order valence-corrected chi connectivity index (χ1v) is 8.94. The highest BCUT2D eigenvalue weighted by atomic mass is 16.5. The molecular formula is C19H24N6O. The normalized spacial score (nSPS) is 17.4. The first kappa shape index (κ1) is 16.9. The van der Waals surface area contributed by atoms with Crippen LogP contribution in [0, 0.1) is 0 Å². The molecule has 0 N–H and O–H groups in total. The van der Waals surface area contributed by atoms with Crippen LogP contribution in [0.25, 0.3) is 0 Å². The summed E-state index contributed by atoms with van der Waals surface area (Å²) in [7, 11) is 1.95. The molecule has 7 heteroatoms. The quantitative estimate of drug-likeness (QED) is 0.681. The second-order valence-corrected chi connectivity index (χ2v) is 6.74. The highest BCUT2D eigenvalue weighted by Gasteiger charge is 2.27. The van der Waals surface area contributed by atoms with Crippen LogP contribution < -0.4 is 0 Å². The van der Waals surface area contributed by atoms with Crippen molar-refractivity contribution in [1.82, 2.24) is 29.2 Å². The van der Waals surface area contributed by atoms with Crippen LogP contribution in [-0.2, 0) is 38.1 Å². The fourth-order valence-electron chi connectivity index (χ4n) is 3.47. The Labute approximate surface area is 153 Å². The number of rotatable bonds is 6. The number of pyridine rings is 1. The zero-order valence-corrected chi connectivity index (χ0v) is 15.2. The van der Waals surface area contributed by atoms with Gasteiger partial charge in [-0.05, 0) is 19.1 Å². The third-order valence-corrected chi connectivity index (χ3v) is 4.87. The van der Waals surface area contributed by atoms with E-state index in [1.807, 2.05) is 42.3 Å². The summed E-state index contributed by atoms with van der Waals surface area (Å²) in [5, 5.41) is 4.26. The van der Waals surface area contributed by atoms with Gasteiger partial charge in [-0.25, -0.2) is 4.98 Å². The molecule has 0 spiro atoms. The molecule has 0 fully saturated rings. The Morgan fingerprint density at radius 3 is 2.85 bits per heavy atom. The van der Waals surface area contributed by atoms with Crippen LogP contribution in [0.5, 0.6) is 0 Å². The van der Waals surface area contributed by atoms with E-state index in [4.69, 9.17) is 4.74 Å². The number of hydrogen-bond donors (Lipinski definition) is 0. The van der Waals surface area contributed by atoms with Gasteiger partial charge in [-0.15, -0.1) is 0 Å². The van der Waals surface area contributed by atoms with Gasteiger partial charge in [-0.3, -0.25) is 14.6 Å². The number of ether oxygens (including phenoxy) is 1. The lowest BCUT2D eigenvalue weighted by atomic mass is 10.2. The molecule has 4 heterocycles. The predicted molar refractivity (Wildman–Crippen MR) is 97.0 cm³/mol. The van der Waals surface area contributed by atoms with Gasteiger partial charge >= 0.3 is 0 Å². The van der Waals surface area contributed by atoms with Crippen LogP contribution in [0.4, 0.5) is 0 Å². The summed E-state index contributed by atoms with van der Waals surface area (Å²) in [6.45, 7) is 6.11. The van der Waals surface area contributed by atoms with E-state index in [-0.39, 0.29) is 6.04 Å². The first-order chi connectivity index (χ1) is 12.7. The monoisotopic (exact) mass is 352 g/mol. The Morgan fingerprint density at radius 1 is 1.15 bits per heavy atom. The van der Waals surface area contributed by atoms with Crippen molar-refractivity contribution in [3.05, 3.63) is 65.8 Å². The molecule has 26 heavy (non-hydrogen) atoms. The number of imidazole rings is 1. The Bertz CT molecular complexity index is 856. The minimum absolute atomic E-state index is 0.272. The second-order valence-electron chi connectivity index (χ2n) is 6.74. The lowest BCUT2D eigenvalue weighted by Crippen LogP contribution is -2.37. The fraction of sp³-hybridized carbons (Fsp3) is 0.421. The van der Waals surface area contributed by atoms with Gasteiger partial charge in [0.2, 0.25) is 0 Å². The van der Waals surface area contributed by atoms with Crippen LogP contribution in [0.3, 0.4) is 0 Å². The standard InChI is InChI=1S/C19H24N6O/c1-15-19-21-10-18(14-26-13-17-5-3-4-6-20-17)25(19)8-7-24(15)12-16-9-22-23(2)11-16/h3-6,9-11,15H,7-8,12-14H2,1-2H3/t15-/m0/s1. The molecule has 0 radical (unpaired) electrons. The zero-order chi connectivity index (χ0) is 17.9. The van der Waals surface area contributed by atoms with Gasteiger partial charge in [0.1, 0.15) is 5.82 Å². The third-order valence-electron chi connectivity index (χ3n) is 4.87. The molecule has 1 aliphatic heterocycles. The van der Waals surface area contributed by atoms with Crippen molar-refractivity contribution >= 4 is 0 Å². The van der Waals surface area contributed by atoms with Gasteiger partial charge in [-0.2, -0.15) is 5.10 Å². The average molecular weight is 352 g/mol. The molecule has 3 aromatic heterocycles. The molecule has 0 bridgehead atoms. The van der Waals surface area contributed by atoms with Crippen molar-refractivity contribution < 1.29 is 4.74 Å². The Morgan fingerprint density at radius 2 is 2.08 bits per heavy atom. The van der Waals surface area contributed by atoms with Crippen LogP contribution in [0.15, 0.2) is 43.0 Å². The molecule has 0 unspecified atom stereocenters. The van der Waals surface area contributed by atoms with E-state index in [1.165, 1.54) is 5.56 Å². The van der Waals surface area contributed by atoms with Crippen molar-refractivity contribution in [1.29, 1.82) is 0 Å². The summed E-state index contributed by atoms with van der Waals surface area (Å²) >= 11 is 0. The molecule has 136 valence electrons. The zero-order valence-electron chi connectivity index (χ0n) is 15.2. The highest BCUT2D eigenvalue weighted by Crippen LogP contribution is 2.27. The van der Waals surface area contributed by atoms with Crippen molar-refractivity contribution in [3.8, 4) is 0 Å². The van der Waals surface area contributed by atoms with E-state index in [0.29, 0.717) is 13.2 Å². The fourth-order valence-corrected chi connectivity index (χ4v) is 3.47. The van der Waals surface area contributed by atoms with E-state index in [2.05, 4.69) is 37.7 Å². The summed E-state index contributed by atoms with van der Waals surface area (Å²) < 4.78 is 9.99. The molecule has 1 aliphatic rings. The van der Waals surface area contributed by atoms with Crippen LogP contribution >= 0.6 is 0 Å². The maximum absolute atomic E-state index is 5.84. The molecule has 0 aromatic carbocycles. The number of aryl methyl sites for hydroxylation is 1. The van der Waals surface area contributed by atoms with Crippen LogP contribution in [-0.4, -0.2) is 35.8 Å². The molecule has 0 saturated carbocycles. The molecule has 1 atom stereocenters. The van der Waals surface area contributed by atoms with Gasteiger partial charge < -0.3 is 9.30 Å². The SMILES string of the molecule is C[C@H]1c2ncc(COCc3ccccn3)n2CCN1Cc1cnn(C)c1. The second kappa shape index (κ2) is 7.39. The molecule has 0 amide bonds. The lowest BCUT2D eigenvalue weighted by molar-refractivity contribution is 0.0948. The lowest BCUT2D eigenvalue weighted by Gasteiger charge is -2.34. The first-order valence-electron chi connectivity index (χ1n) is 8.94. The molecule has 0 saturated heterocycles. The topological polar surface area (TPSA) is 61.0 Å². The molecule has 7 nitrogen and oxygen atoms in total. The Hall–Kier alpha value is -2.51. The van der Waals surface area contributed by atoms with E-state index in [0.717, 1.165) is 36.8 Å². The van der Waals surface area contributed by atoms with Gasteiger partial charge in [0.25, 0.3) is 0 Å². The molecule has 0 aliphatic carbocycles. The van der Waals surface area contributed by atoms with Crippen LogP contribution in [0.1, 0.15) is 35.7 Å². The summed E-state index contributed by atoms with van der Waals surface area (Å²) in [5.74, 6) is 1.11. The van der Waals surface area contributed by atoms with E-state index >= 15 is 0 Å². The maximum Gasteiger partial charge on any atom is 0.126 e. The van der Waals surface area contributed by atoms with Crippen molar-refractivity contribution in [2.24, 2.45) is 7.05 Å². The van der Waals surface area contributed by atoms with Gasteiger partial charge in [0.15, 0.2) is 0 Å². The molecule has 3 aromatic rings. The highest BCUT2D eigenvalue weighted by molar-refractivity contribution is 5.12. The number of hydrogen-bond acceptors (Lipinski definition) is 5. The van der Waals surface area contributed by atoms with Gasteiger partial charge in [-0.1, -0.05) is 6.07 Å². The smallest absolute Gasteiger partial charge is 0.126 e. The van der Waals surface area contributed by atoms with Crippen molar-refractivity contribution in [3.63, 3.8) is 0 Å². The van der Waals surface area contributed by atoms with Crippen molar-refractivity contribution in [2.75, 3.05) is 6.54 Å². The number of aromatic nitrogens is 5.